The molecule has 1 aromatic heterocycles. The Morgan fingerprint density at radius 2 is 2.29 bits per heavy atom. The molecule has 0 saturated carbocycles. The molecule has 0 unspecified atom stereocenters. The molecule has 1 aliphatic heterocycles. The lowest BCUT2D eigenvalue weighted by Crippen LogP contribution is -2.45. The number of piperazine rings is 1. The van der Waals surface area contributed by atoms with E-state index >= 15 is 0 Å². The third-order valence-electron chi connectivity index (χ3n) is 3.02. The van der Waals surface area contributed by atoms with Crippen LogP contribution in [0.25, 0.3) is 0 Å². The topological polar surface area (TPSA) is 52.0 Å². The van der Waals surface area contributed by atoms with Crippen molar-refractivity contribution in [2.24, 2.45) is 0 Å². The fourth-order valence-corrected chi connectivity index (χ4v) is 2.16. The first-order chi connectivity index (χ1) is 8.33. The van der Waals surface area contributed by atoms with Crippen molar-refractivity contribution >= 4 is 0 Å². The Bertz CT molecular complexity index is 409. The van der Waals surface area contributed by atoms with E-state index in [2.05, 4.69) is 21.3 Å². The normalized spacial score (nSPS) is 18.6. The highest BCUT2D eigenvalue weighted by atomic mass is 19.1. The lowest BCUT2D eigenvalue weighted by atomic mass is 10.0. The predicted octanol–water partition coefficient (Wildman–Crippen LogP) is 1.08. The van der Waals surface area contributed by atoms with Crippen LogP contribution in [0.15, 0.2) is 18.3 Å². The van der Waals surface area contributed by atoms with Crippen molar-refractivity contribution in [1.82, 2.24) is 15.2 Å². The minimum absolute atomic E-state index is 0.184. The summed E-state index contributed by atoms with van der Waals surface area (Å²) < 4.78 is 13.7. The number of pyridine rings is 1. The van der Waals surface area contributed by atoms with Gasteiger partial charge in [-0.1, -0.05) is 6.07 Å². The van der Waals surface area contributed by atoms with E-state index in [9.17, 15) is 4.39 Å². The highest BCUT2D eigenvalue weighted by Crippen LogP contribution is 2.25. The van der Waals surface area contributed by atoms with Crippen molar-refractivity contribution in [2.75, 3.05) is 26.2 Å². The second-order valence-electron chi connectivity index (χ2n) is 4.05. The number of aromatic nitrogens is 1. The van der Waals surface area contributed by atoms with Crippen LogP contribution >= 0.6 is 0 Å². The van der Waals surface area contributed by atoms with Crippen LogP contribution in [-0.4, -0.2) is 36.1 Å². The first kappa shape index (κ1) is 12.0. The summed E-state index contributed by atoms with van der Waals surface area (Å²) in [6, 6.07) is 5.38. The van der Waals surface area contributed by atoms with Crippen LogP contribution in [0.3, 0.4) is 0 Å². The highest BCUT2D eigenvalue weighted by molar-refractivity contribution is 5.17. The lowest BCUT2D eigenvalue weighted by molar-refractivity contribution is 0.171. The summed E-state index contributed by atoms with van der Waals surface area (Å²) in [6.45, 7) is 3.43. The van der Waals surface area contributed by atoms with Crippen molar-refractivity contribution in [3.05, 3.63) is 29.8 Å². The van der Waals surface area contributed by atoms with Gasteiger partial charge in [0.25, 0.3) is 0 Å². The van der Waals surface area contributed by atoms with Crippen LogP contribution in [0.4, 0.5) is 4.39 Å². The number of hydrogen-bond acceptors (Lipinski definition) is 4. The van der Waals surface area contributed by atoms with Gasteiger partial charge in [0.1, 0.15) is 0 Å². The summed E-state index contributed by atoms with van der Waals surface area (Å²) >= 11 is 0. The fourth-order valence-electron chi connectivity index (χ4n) is 2.16. The Hall–Kier alpha value is -1.51. The maximum Gasteiger partial charge on any atom is 0.217 e. The van der Waals surface area contributed by atoms with Crippen LogP contribution in [-0.2, 0) is 0 Å². The molecule has 1 atom stereocenters. The van der Waals surface area contributed by atoms with E-state index in [4.69, 9.17) is 5.26 Å². The highest BCUT2D eigenvalue weighted by Gasteiger charge is 2.24. The zero-order valence-electron chi connectivity index (χ0n) is 9.56. The van der Waals surface area contributed by atoms with Crippen molar-refractivity contribution in [2.45, 2.75) is 12.5 Å². The van der Waals surface area contributed by atoms with Gasteiger partial charge in [-0.05, 0) is 6.07 Å². The number of nitrogens with zero attached hydrogens (tertiary/aromatic N) is 3. The Kier molecular flexibility index (Phi) is 4.02. The van der Waals surface area contributed by atoms with Gasteiger partial charge < -0.3 is 5.32 Å². The summed E-state index contributed by atoms with van der Waals surface area (Å²) in [5.74, 6) is -0.466. The Labute approximate surface area is 100 Å². The van der Waals surface area contributed by atoms with Crippen molar-refractivity contribution in [3.63, 3.8) is 0 Å². The molecule has 2 rings (SSSR count). The summed E-state index contributed by atoms with van der Waals surface area (Å²) in [5, 5.41) is 12.1. The molecule has 0 bridgehead atoms. The molecular formula is C12H15FN4. The molecule has 4 nitrogen and oxygen atoms in total. The third-order valence-corrected chi connectivity index (χ3v) is 3.02. The number of rotatable bonds is 3. The second kappa shape index (κ2) is 5.71. The molecule has 2 heterocycles. The van der Waals surface area contributed by atoms with Gasteiger partial charge in [0.05, 0.1) is 18.5 Å². The minimum Gasteiger partial charge on any atom is -0.314 e. The quantitative estimate of drug-likeness (QED) is 0.795. The zero-order chi connectivity index (χ0) is 12.1. The fraction of sp³-hybridized carbons (Fsp3) is 0.500. The Morgan fingerprint density at radius 1 is 1.53 bits per heavy atom. The predicted molar refractivity (Wildman–Crippen MR) is 61.6 cm³/mol. The van der Waals surface area contributed by atoms with E-state index in [0.717, 1.165) is 26.2 Å². The van der Waals surface area contributed by atoms with Gasteiger partial charge in [-0.2, -0.15) is 9.65 Å². The minimum atomic E-state index is -0.466. The third kappa shape index (κ3) is 2.78. The standard InChI is InChI=1S/C12H15FN4/c13-12-10(2-1-5-16-12)11(3-4-14)17-8-6-15-7-9-17/h1-2,5,11,15H,3,6-9H2/t11-/m1/s1. The van der Waals surface area contributed by atoms with Gasteiger partial charge in [-0.25, -0.2) is 4.98 Å². The summed E-state index contributed by atoms with van der Waals surface area (Å²) in [6.07, 6.45) is 1.72. The first-order valence-electron chi connectivity index (χ1n) is 5.75. The van der Waals surface area contributed by atoms with E-state index in [1.165, 1.54) is 6.20 Å². The Morgan fingerprint density at radius 3 is 2.94 bits per heavy atom. The average Bonchev–Trinajstić information content (AvgIpc) is 2.38. The van der Waals surface area contributed by atoms with Crippen LogP contribution in [0, 0.1) is 17.3 Å². The lowest BCUT2D eigenvalue weighted by Gasteiger charge is -2.33. The molecule has 0 aliphatic carbocycles. The van der Waals surface area contributed by atoms with Crippen LogP contribution in [0.2, 0.25) is 0 Å². The monoisotopic (exact) mass is 234 g/mol. The molecule has 1 saturated heterocycles. The molecule has 17 heavy (non-hydrogen) atoms. The van der Waals surface area contributed by atoms with E-state index < -0.39 is 5.95 Å². The van der Waals surface area contributed by atoms with Gasteiger partial charge in [-0.15, -0.1) is 0 Å². The molecule has 0 aromatic carbocycles. The summed E-state index contributed by atoms with van der Waals surface area (Å²) in [4.78, 5) is 5.80. The SMILES string of the molecule is N#CC[C@H](c1cccnc1F)N1CCNCC1. The van der Waals surface area contributed by atoms with E-state index in [1.807, 2.05) is 0 Å². The molecule has 1 fully saturated rings. The molecule has 1 N–H and O–H groups in total. The number of halogens is 1. The molecule has 1 aromatic rings. The smallest absolute Gasteiger partial charge is 0.217 e. The maximum absolute atomic E-state index is 13.7. The van der Waals surface area contributed by atoms with Gasteiger partial charge in [0.2, 0.25) is 5.95 Å². The van der Waals surface area contributed by atoms with Gasteiger partial charge in [0.15, 0.2) is 0 Å². The largest absolute Gasteiger partial charge is 0.314 e. The van der Waals surface area contributed by atoms with Gasteiger partial charge >= 0.3 is 0 Å². The number of nitrogens with one attached hydrogen (secondary N) is 1. The molecule has 1 aliphatic rings. The zero-order valence-corrected chi connectivity index (χ0v) is 9.56. The van der Waals surface area contributed by atoms with Crippen molar-refractivity contribution in [1.29, 1.82) is 5.26 Å². The second-order valence-corrected chi connectivity index (χ2v) is 4.05. The van der Waals surface area contributed by atoms with Crippen LogP contribution < -0.4 is 5.32 Å². The molecule has 5 heteroatoms. The van der Waals surface area contributed by atoms with E-state index in [0.29, 0.717) is 12.0 Å². The van der Waals surface area contributed by atoms with Crippen LogP contribution in [0.1, 0.15) is 18.0 Å². The summed E-state index contributed by atoms with van der Waals surface area (Å²) in [7, 11) is 0. The molecule has 0 spiro atoms. The maximum atomic E-state index is 13.7. The van der Waals surface area contributed by atoms with Crippen molar-refractivity contribution in [3.8, 4) is 6.07 Å². The first-order valence-corrected chi connectivity index (χ1v) is 5.75. The molecule has 90 valence electrons. The molecule has 0 amide bonds. The Balaban J connectivity index is 2.22. The molecule has 0 radical (unpaired) electrons. The van der Waals surface area contributed by atoms with Gasteiger partial charge in [-0.3, -0.25) is 4.90 Å². The van der Waals surface area contributed by atoms with Gasteiger partial charge in [0, 0.05) is 37.9 Å². The van der Waals surface area contributed by atoms with E-state index in [-0.39, 0.29) is 6.04 Å². The van der Waals surface area contributed by atoms with E-state index in [1.54, 1.807) is 12.1 Å². The summed E-state index contributed by atoms with van der Waals surface area (Å²) in [5.41, 5.74) is 0.524. The molecular weight excluding hydrogens is 219 g/mol. The van der Waals surface area contributed by atoms with Crippen LogP contribution in [0.5, 0.6) is 0 Å². The number of nitriles is 1. The number of hydrogen-bond donors (Lipinski definition) is 1. The van der Waals surface area contributed by atoms with Crippen molar-refractivity contribution < 1.29 is 4.39 Å². The average molecular weight is 234 g/mol.